The Bertz CT molecular complexity index is 1900. The molecule has 4 aromatic rings. The molecular weight excluding hydrogens is 636 g/mol. The number of sulfone groups is 1. The maximum absolute atomic E-state index is 13.4. The summed E-state index contributed by atoms with van der Waals surface area (Å²) in [5.74, 6) is -1.73. The molecule has 15 heteroatoms. The van der Waals surface area contributed by atoms with Gasteiger partial charge in [0, 0.05) is 12.1 Å². The van der Waals surface area contributed by atoms with Gasteiger partial charge in [0.2, 0.25) is 30.9 Å². The molecule has 3 aromatic carbocycles. The van der Waals surface area contributed by atoms with Gasteiger partial charge >= 0.3 is 6.18 Å². The van der Waals surface area contributed by atoms with E-state index < -0.39 is 60.3 Å². The molecule has 0 radical (unpaired) electrons. The first-order valence-electron chi connectivity index (χ1n) is 13.6. The van der Waals surface area contributed by atoms with Crippen molar-refractivity contribution in [3.63, 3.8) is 0 Å². The lowest BCUT2D eigenvalue weighted by molar-refractivity contribution is -0.137. The molecule has 1 aliphatic rings. The molecule has 45 heavy (non-hydrogen) atoms. The van der Waals surface area contributed by atoms with Crippen LogP contribution in [0.3, 0.4) is 0 Å². The molecule has 0 aliphatic carbocycles. The Kier molecular flexibility index (Phi) is 9.05. The van der Waals surface area contributed by atoms with Crippen molar-refractivity contribution in [1.82, 2.24) is 19.6 Å². The number of rotatable bonds is 9. The van der Waals surface area contributed by atoms with Crippen LogP contribution in [0.25, 0.3) is 11.3 Å². The summed E-state index contributed by atoms with van der Waals surface area (Å²) in [7, 11) is -8.27. The zero-order chi connectivity index (χ0) is 32.4. The Labute approximate surface area is 256 Å². The van der Waals surface area contributed by atoms with Gasteiger partial charge in [-0.15, -0.1) is 0 Å². The number of halogens is 4. The van der Waals surface area contributed by atoms with Gasteiger partial charge in [-0.05, 0) is 60.9 Å². The fourth-order valence-corrected chi connectivity index (χ4v) is 7.78. The second kappa shape index (κ2) is 12.7. The van der Waals surface area contributed by atoms with Gasteiger partial charge in [0.1, 0.15) is 11.9 Å². The minimum absolute atomic E-state index is 0.0102. The molecular formula is C30H26F4N4O5S2. The lowest BCUT2D eigenvalue weighted by atomic mass is 10.1. The van der Waals surface area contributed by atoms with E-state index in [9.17, 15) is 39.2 Å². The molecule has 1 N–H and O–H groups in total. The molecule has 2 heterocycles. The third kappa shape index (κ3) is 7.37. The van der Waals surface area contributed by atoms with Crippen LogP contribution in [0, 0.1) is 5.82 Å². The van der Waals surface area contributed by atoms with Crippen LogP contribution in [-0.2, 0) is 43.1 Å². The minimum atomic E-state index is -4.58. The highest BCUT2D eigenvalue weighted by molar-refractivity contribution is 7.90. The summed E-state index contributed by atoms with van der Waals surface area (Å²) in [6, 6.07) is 16.7. The van der Waals surface area contributed by atoms with Gasteiger partial charge in [0.15, 0.2) is 0 Å². The molecule has 1 atom stereocenters. The van der Waals surface area contributed by atoms with Crippen molar-refractivity contribution >= 4 is 25.8 Å². The number of nitrogens with zero attached hydrogens (tertiary/aromatic N) is 3. The average Bonchev–Trinajstić information content (AvgIpc) is 3.51. The first-order chi connectivity index (χ1) is 21.2. The van der Waals surface area contributed by atoms with Gasteiger partial charge < -0.3 is 5.32 Å². The maximum Gasteiger partial charge on any atom is 0.416 e. The maximum atomic E-state index is 13.4. The molecule has 1 unspecified atom stereocenters. The first-order valence-corrected chi connectivity index (χ1v) is 16.7. The molecule has 0 spiro atoms. The SMILES string of the molecule is O=C(NCc1cc(-c2ccc(C(F)(F)F)cc2)nc(S(=O)(=O)Cc2ccccc2)n1)C1CCCN1S(=O)(=O)c1ccc(F)cc1. The van der Waals surface area contributed by atoms with Crippen molar-refractivity contribution in [2.75, 3.05) is 6.54 Å². The predicted octanol–water partition coefficient (Wildman–Crippen LogP) is 4.74. The molecule has 1 fully saturated rings. The minimum Gasteiger partial charge on any atom is -0.349 e. The molecule has 0 saturated carbocycles. The number of nitrogens with one attached hydrogen (secondary N) is 1. The van der Waals surface area contributed by atoms with Crippen molar-refractivity contribution in [1.29, 1.82) is 0 Å². The van der Waals surface area contributed by atoms with E-state index in [-0.39, 0.29) is 41.4 Å². The number of hydrogen-bond acceptors (Lipinski definition) is 7. The van der Waals surface area contributed by atoms with Gasteiger partial charge in [-0.3, -0.25) is 4.79 Å². The lowest BCUT2D eigenvalue weighted by Crippen LogP contribution is -2.45. The van der Waals surface area contributed by atoms with Crippen LogP contribution in [0.2, 0.25) is 0 Å². The third-order valence-electron chi connectivity index (χ3n) is 7.11. The lowest BCUT2D eigenvalue weighted by Gasteiger charge is -2.23. The Balaban J connectivity index is 1.42. The first kappa shape index (κ1) is 32.2. The molecule has 1 aromatic heterocycles. The Morgan fingerprint density at radius 2 is 1.58 bits per heavy atom. The molecule has 5 rings (SSSR count). The van der Waals surface area contributed by atoms with Crippen LogP contribution >= 0.6 is 0 Å². The van der Waals surface area contributed by atoms with Crippen LogP contribution in [-0.4, -0.2) is 49.6 Å². The van der Waals surface area contributed by atoms with E-state index in [2.05, 4.69) is 15.3 Å². The number of sulfonamides is 1. The van der Waals surface area contributed by atoms with E-state index in [0.29, 0.717) is 12.0 Å². The number of alkyl halides is 3. The zero-order valence-electron chi connectivity index (χ0n) is 23.4. The van der Waals surface area contributed by atoms with Crippen molar-refractivity contribution in [3.05, 3.63) is 108 Å². The van der Waals surface area contributed by atoms with Crippen molar-refractivity contribution in [2.45, 2.75) is 47.4 Å². The third-order valence-corrected chi connectivity index (χ3v) is 10.5. The summed E-state index contributed by atoms with van der Waals surface area (Å²) in [6.45, 7) is -0.269. The van der Waals surface area contributed by atoms with Gasteiger partial charge in [0.25, 0.3) is 0 Å². The van der Waals surface area contributed by atoms with E-state index in [1.54, 1.807) is 30.3 Å². The largest absolute Gasteiger partial charge is 0.416 e. The Hall–Kier alpha value is -4.21. The zero-order valence-corrected chi connectivity index (χ0v) is 25.0. The highest BCUT2D eigenvalue weighted by Gasteiger charge is 2.39. The Morgan fingerprint density at radius 3 is 2.22 bits per heavy atom. The van der Waals surface area contributed by atoms with Gasteiger partial charge in [-0.1, -0.05) is 42.5 Å². The van der Waals surface area contributed by atoms with E-state index >= 15 is 0 Å². The van der Waals surface area contributed by atoms with Gasteiger partial charge in [-0.25, -0.2) is 31.2 Å². The summed E-state index contributed by atoms with van der Waals surface area (Å²) in [4.78, 5) is 21.3. The number of benzene rings is 3. The normalized spacial score (nSPS) is 16.0. The number of aromatic nitrogens is 2. The fraction of sp³-hybridized carbons (Fsp3) is 0.233. The second-order valence-electron chi connectivity index (χ2n) is 10.3. The quantitative estimate of drug-likeness (QED) is 0.203. The van der Waals surface area contributed by atoms with Gasteiger partial charge in [0.05, 0.1) is 34.1 Å². The van der Waals surface area contributed by atoms with Crippen LogP contribution in [0.15, 0.2) is 95.0 Å². The second-order valence-corrected chi connectivity index (χ2v) is 14.1. The summed E-state index contributed by atoms with van der Waals surface area (Å²) in [5, 5.41) is 2.01. The highest BCUT2D eigenvalue weighted by Crippen LogP contribution is 2.31. The molecule has 9 nitrogen and oxygen atoms in total. The predicted molar refractivity (Wildman–Crippen MR) is 155 cm³/mol. The average molecular weight is 663 g/mol. The van der Waals surface area contributed by atoms with Crippen LogP contribution < -0.4 is 5.32 Å². The monoisotopic (exact) mass is 662 g/mol. The Morgan fingerprint density at radius 1 is 0.911 bits per heavy atom. The summed E-state index contributed by atoms with van der Waals surface area (Å²) in [5.41, 5.74) is -0.218. The standard InChI is InChI=1S/C30H26F4N4O5S2/c31-23-12-14-25(15-13-23)45(42,43)38-16-4-7-27(38)28(39)35-18-24-17-26(21-8-10-22(11-9-21)30(32,33)34)37-29(36-24)44(40,41)19-20-5-2-1-3-6-20/h1-3,5-6,8-15,17,27H,4,7,16,18-19H2,(H,35,39). The van der Waals surface area contributed by atoms with Crippen LogP contribution in [0.1, 0.15) is 29.7 Å². The summed E-state index contributed by atoms with van der Waals surface area (Å²) < 4.78 is 107. The summed E-state index contributed by atoms with van der Waals surface area (Å²) >= 11 is 0. The highest BCUT2D eigenvalue weighted by atomic mass is 32.2. The van der Waals surface area contributed by atoms with E-state index in [1.807, 2.05) is 0 Å². The van der Waals surface area contributed by atoms with Crippen LogP contribution in [0.5, 0.6) is 0 Å². The molecule has 1 saturated heterocycles. The number of amides is 1. The topological polar surface area (TPSA) is 126 Å². The molecule has 1 amide bonds. The van der Waals surface area contributed by atoms with E-state index in [4.69, 9.17) is 0 Å². The van der Waals surface area contributed by atoms with Crippen molar-refractivity contribution in [2.24, 2.45) is 0 Å². The van der Waals surface area contributed by atoms with E-state index in [1.165, 1.54) is 6.07 Å². The summed E-state index contributed by atoms with van der Waals surface area (Å²) in [6.07, 6.45) is -3.97. The van der Waals surface area contributed by atoms with Crippen molar-refractivity contribution < 1.29 is 39.2 Å². The fourth-order valence-electron chi connectivity index (χ4n) is 4.87. The molecule has 1 aliphatic heterocycles. The number of carbonyl (C=O) groups is 1. The number of carbonyl (C=O) groups excluding carboxylic acids is 1. The molecule has 236 valence electrons. The smallest absolute Gasteiger partial charge is 0.349 e. The van der Waals surface area contributed by atoms with Crippen LogP contribution in [0.4, 0.5) is 17.6 Å². The van der Waals surface area contributed by atoms with Gasteiger partial charge in [-0.2, -0.15) is 17.5 Å². The molecule has 0 bridgehead atoms. The van der Waals surface area contributed by atoms with E-state index in [0.717, 1.165) is 52.8 Å². The number of hydrogen-bond donors (Lipinski definition) is 1. The van der Waals surface area contributed by atoms with Crippen molar-refractivity contribution in [3.8, 4) is 11.3 Å².